The van der Waals surface area contributed by atoms with E-state index in [4.69, 9.17) is 16.3 Å². The summed E-state index contributed by atoms with van der Waals surface area (Å²) in [6, 6.07) is 14.0. The molecular weight excluding hydrogens is 316 g/mol. The van der Waals surface area contributed by atoms with E-state index in [-0.39, 0.29) is 18.4 Å². The molecule has 2 aromatic carbocycles. The van der Waals surface area contributed by atoms with Gasteiger partial charge < -0.3 is 10.1 Å². The Hall–Kier alpha value is -2.53. The Morgan fingerprint density at radius 1 is 1.22 bits per heavy atom. The van der Waals surface area contributed by atoms with Crippen LogP contribution in [0.1, 0.15) is 6.92 Å². The molecule has 5 nitrogen and oxygen atoms in total. The number of amides is 2. The van der Waals surface area contributed by atoms with Crippen molar-refractivity contribution in [3.8, 4) is 5.75 Å². The number of anilines is 2. The summed E-state index contributed by atoms with van der Waals surface area (Å²) in [5, 5.41) is 3.35. The van der Waals surface area contributed by atoms with Crippen molar-refractivity contribution >= 4 is 34.8 Å². The average molecular weight is 331 g/mol. The van der Waals surface area contributed by atoms with Crippen LogP contribution in [0.3, 0.4) is 0 Å². The second-order valence-electron chi connectivity index (χ2n) is 5.20. The van der Waals surface area contributed by atoms with Crippen LogP contribution in [-0.2, 0) is 9.59 Å². The Balaban J connectivity index is 1.79. The zero-order valence-corrected chi connectivity index (χ0v) is 13.2. The Morgan fingerprint density at radius 3 is 2.65 bits per heavy atom. The standard InChI is InChI=1S/C17H15ClN2O3/c1-11(23-13-8-6-12(18)7-9-13)17(22)20-10-16(21)19-14-4-2-3-5-15(14)20/h2-9,11H,10H2,1H3,(H,19,21)/t11-/m1/s1. The SMILES string of the molecule is C[C@@H](Oc1ccc(Cl)cc1)C(=O)N1CC(=O)Nc2ccccc21. The molecule has 1 aliphatic heterocycles. The maximum absolute atomic E-state index is 12.7. The third kappa shape index (κ3) is 3.29. The molecule has 0 bridgehead atoms. The maximum atomic E-state index is 12.7. The molecule has 0 unspecified atom stereocenters. The molecule has 1 atom stereocenters. The fourth-order valence-corrected chi connectivity index (χ4v) is 2.54. The molecule has 118 valence electrons. The summed E-state index contributed by atoms with van der Waals surface area (Å²) < 4.78 is 5.65. The fourth-order valence-electron chi connectivity index (χ4n) is 2.42. The number of hydrogen-bond donors (Lipinski definition) is 1. The van der Waals surface area contributed by atoms with Gasteiger partial charge in [0.2, 0.25) is 5.91 Å². The third-order valence-electron chi connectivity index (χ3n) is 3.51. The first kappa shape index (κ1) is 15.4. The van der Waals surface area contributed by atoms with Gasteiger partial charge in [-0.15, -0.1) is 0 Å². The summed E-state index contributed by atoms with van der Waals surface area (Å²) in [7, 11) is 0. The Bertz CT molecular complexity index is 746. The second-order valence-corrected chi connectivity index (χ2v) is 5.64. The van der Waals surface area contributed by atoms with Gasteiger partial charge in [0.05, 0.1) is 11.4 Å². The molecule has 3 rings (SSSR count). The van der Waals surface area contributed by atoms with Crippen LogP contribution in [0.25, 0.3) is 0 Å². The average Bonchev–Trinajstić information content (AvgIpc) is 2.55. The van der Waals surface area contributed by atoms with E-state index in [9.17, 15) is 9.59 Å². The summed E-state index contributed by atoms with van der Waals surface area (Å²) in [4.78, 5) is 25.9. The van der Waals surface area contributed by atoms with Crippen LogP contribution in [0.5, 0.6) is 5.75 Å². The van der Waals surface area contributed by atoms with Gasteiger partial charge in [0.1, 0.15) is 12.3 Å². The first-order valence-corrected chi connectivity index (χ1v) is 7.55. The Morgan fingerprint density at radius 2 is 1.91 bits per heavy atom. The molecule has 2 aromatic rings. The van der Waals surface area contributed by atoms with E-state index in [1.807, 2.05) is 6.07 Å². The zero-order valence-electron chi connectivity index (χ0n) is 12.5. The number of nitrogens with one attached hydrogen (secondary N) is 1. The van der Waals surface area contributed by atoms with Gasteiger partial charge in [0, 0.05) is 5.02 Å². The molecule has 1 heterocycles. The number of fused-ring (bicyclic) bond motifs is 1. The normalized spacial score (nSPS) is 14.7. The van der Waals surface area contributed by atoms with Crippen molar-refractivity contribution in [2.75, 3.05) is 16.8 Å². The van der Waals surface area contributed by atoms with Crippen LogP contribution in [0.2, 0.25) is 5.02 Å². The molecule has 2 amide bonds. The highest BCUT2D eigenvalue weighted by molar-refractivity contribution is 6.30. The van der Waals surface area contributed by atoms with Crippen LogP contribution >= 0.6 is 11.6 Å². The van der Waals surface area contributed by atoms with Crippen LogP contribution < -0.4 is 15.0 Å². The van der Waals surface area contributed by atoms with Gasteiger partial charge in [-0.25, -0.2) is 0 Å². The molecule has 0 fully saturated rings. The van der Waals surface area contributed by atoms with Crippen LogP contribution in [-0.4, -0.2) is 24.5 Å². The molecule has 0 aromatic heterocycles. The van der Waals surface area contributed by atoms with E-state index in [2.05, 4.69) is 5.32 Å². The molecule has 0 radical (unpaired) electrons. The van der Waals surface area contributed by atoms with Gasteiger partial charge >= 0.3 is 0 Å². The summed E-state index contributed by atoms with van der Waals surface area (Å²) in [5.74, 6) is 0.0444. The number of halogens is 1. The van der Waals surface area contributed by atoms with Gasteiger partial charge in [0.15, 0.2) is 6.10 Å². The molecule has 0 saturated heterocycles. The number of nitrogens with zero attached hydrogens (tertiary/aromatic N) is 1. The number of benzene rings is 2. The fraction of sp³-hybridized carbons (Fsp3) is 0.176. The van der Waals surface area contributed by atoms with Crippen molar-refractivity contribution < 1.29 is 14.3 Å². The first-order chi connectivity index (χ1) is 11.0. The van der Waals surface area contributed by atoms with Crippen molar-refractivity contribution in [2.24, 2.45) is 0 Å². The molecule has 23 heavy (non-hydrogen) atoms. The highest BCUT2D eigenvalue weighted by Crippen LogP contribution is 2.29. The lowest BCUT2D eigenvalue weighted by Gasteiger charge is -2.31. The van der Waals surface area contributed by atoms with E-state index in [0.717, 1.165) is 0 Å². The third-order valence-corrected chi connectivity index (χ3v) is 3.76. The summed E-state index contributed by atoms with van der Waals surface area (Å²) in [6.07, 6.45) is -0.727. The van der Waals surface area contributed by atoms with Crippen molar-refractivity contribution in [3.05, 3.63) is 53.6 Å². The topological polar surface area (TPSA) is 58.6 Å². The number of ether oxygens (including phenoxy) is 1. The number of para-hydroxylation sites is 2. The monoisotopic (exact) mass is 330 g/mol. The lowest BCUT2D eigenvalue weighted by molar-refractivity contribution is -0.126. The van der Waals surface area contributed by atoms with Crippen molar-refractivity contribution in [2.45, 2.75) is 13.0 Å². The smallest absolute Gasteiger partial charge is 0.268 e. The van der Waals surface area contributed by atoms with Gasteiger partial charge in [0.25, 0.3) is 5.91 Å². The highest BCUT2D eigenvalue weighted by atomic mass is 35.5. The summed E-state index contributed by atoms with van der Waals surface area (Å²) in [5.41, 5.74) is 1.29. The molecule has 6 heteroatoms. The predicted octanol–water partition coefficient (Wildman–Crippen LogP) is 3.09. The number of carbonyl (C=O) groups excluding carboxylic acids is 2. The van der Waals surface area contributed by atoms with Crippen LogP contribution in [0.4, 0.5) is 11.4 Å². The predicted molar refractivity (Wildman–Crippen MR) is 89.0 cm³/mol. The lowest BCUT2D eigenvalue weighted by Crippen LogP contribution is -2.47. The van der Waals surface area contributed by atoms with Crippen molar-refractivity contribution in [1.29, 1.82) is 0 Å². The molecule has 0 saturated carbocycles. The minimum absolute atomic E-state index is 0.0236. The summed E-state index contributed by atoms with van der Waals surface area (Å²) >= 11 is 5.83. The van der Waals surface area contributed by atoms with Crippen LogP contribution in [0, 0.1) is 0 Å². The molecule has 0 spiro atoms. The van der Waals surface area contributed by atoms with E-state index in [1.165, 1.54) is 4.90 Å². The van der Waals surface area contributed by atoms with E-state index >= 15 is 0 Å². The number of carbonyl (C=O) groups is 2. The molecule has 0 aliphatic carbocycles. The molecule has 1 aliphatic rings. The quantitative estimate of drug-likeness (QED) is 0.940. The zero-order chi connectivity index (χ0) is 16.4. The Labute approximate surface area is 138 Å². The molecule has 1 N–H and O–H groups in total. The number of hydrogen-bond acceptors (Lipinski definition) is 3. The first-order valence-electron chi connectivity index (χ1n) is 7.17. The summed E-state index contributed by atoms with van der Waals surface area (Å²) in [6.45, 7) is 1.64. The van der Waals surface area contributed by atoms with Gasteiger partial charge in [-0.2, -0.15) is 0 Å². The second kappa shape index (κ2) is 6.30. The largest absolute Gasteiger partial charge is 0.481 e. The van der Waals surface area contributed by atoms with Gasteiger partial charge in [-0.1, -0.05) is 23.7 Å². The number of rotatable bonds is 3. The lowest BCUT2D eigenvalue weighted by atomic mass is 10.1. The minimum atomic E-state index is -0.727. The van der Waals surface area contributed by atoms with Crippen molar-refractivity contribution in [1.82, 2.24) is 0 Å². The van der Waals surface area contributed by atoms with Gasteiger partial charge in [-0.3, -0.25) is 14.5 Å². The Kier molecular flexibility index (Phi) is 4.21. The molecular formula is C17H15ClN2O3. The van der Waals surface area contributed by atoms with Crippen molar-refractivity contribution in [3.63, 3.8) is 0 Å². The maximum Gasteiger partial charge on any atom is 0.268 e. The van der Waals surface area contributed by atoms with Gasteiger partial charge in [-0.05, 0) is 43.3 Å². The minimum Gasteiger partial charge on any atom is -0.481 e. The van der Waals surface area contributed by atoms with E-state index < -0.39 is 6.10 Å². The highest BCUT2D eigenvalue weighted by Gasteiger charge is 2.30. The van der Waals surface area contributed by atoms with E-state index in [0.29, 0.717) is 22.1 Å². The van der Waals surface area contributed by atoms with Crippen LogP contribution in [0.15, 0.2) is 48.5 Å². The van der Waals surface area contributed by atoms with E-state index in [1.54, 1.807) is 49.4 Å².